The summed E-state index contributed by atoms with van der Waals surface area (Å²) in [7, 11) is 1.96. The Labute approximate surface area is 119 Å². The molecule has 5 nitrogen and oxygen atoms in total. The van der Waals surface area contributed by atoms with Gasteiger partial charge in [0.05, 0.1) is 12.3 Å². The average Bonchev–Trinajstić information content (AvgIpc) is 2.61. The van der Waals surface area contributed by atoms with Crippen LogP contribution in [0.15, 0.2) is 18.2 Å². The van der Waals surface area contributed by atoms with Crippen LogP contribution in [-0.4, -0.2) is 16.4 Å². The van der Waals surface area contributed by atoms with Crippen molar-refractivity contribution < 1.29 is 4.74 Å². The zero-order valence-electron chi connectivity index (χ0n) is 12.5. The number of nitrogens with two attached hydrogens (primary N) is 1. The number of nitrogens with zero attached hydrogens (tertiary/aromatic N) is 2. The molecule has 2 rings (SSSR count). The van der Waals surface area contributed by atoms with E-state index in [0.29, 0.717) is 12.3 Å². The van der Waals surface area contributed by atoms with E-state index in [-0.39, 0.29) is 0 Å². The van der Waals surface area contributed by atoms with Crippen LogP contribution < -0.4 is 15.8 Å². The number of nitrogen functional groups attached to an aromatic ring is 1. The molecule has 1 aromatic heterocycles. The maximum Gasteiger partial charge on any atom is 0.123 e. The quantitative estimate of drug-likeness (QED) is 0.823. The van der Waals surface area contributed by atoms with Gasteiger partial charge in [-0.05, 0) is 26.8 Å². The van der Waals surface area contributed by atoms with Gasteiger partial charge in [-0.2, -0.15) is 5.10 Å². The lowest BCUT2D eigenvalue weighted by Crippen LogP contribution is -2.03. The van der Waals surface area contributed by atoms with E-state index in [2.05, 4.69) is 17.3 Å². The molecule has 0 aliphatic heterocycles. The normalized spacial score (nSPS) is 10.6. The Balaban J connectivity index is 2.14. The fraction of sp³-hybridized carbons (Fsp3) is 0.400. The molecule has 3 N–H and O–H groups in total. The number of anilines is 2. The van der Waals surface area contributed by atoms with E-state index in [9.17, 15) is 0 Å². The number of benzene rings is 1. The van der Waals surface area contributed by atoms with E-state index in [0.717, 1.165) is 23.7 Å². The zero-order chi connectivity index (χ0) is 14.7. The molecule has 0 fully saturated rings. The Bertz CT molecular complexity index is 604. The van der Waals surface area contributed by atoms with Gasteiger partial charge in [0.1, 0.15) is 5.75 Å². The monoisotopic (exact) mass is 274 g/mol. The van der Waals surface area contributed by atoms with Gasteiger partial charge in [0, 0.05) is 48.4 Å². The number of ether oxygens (including phenoxy) is 1. The molecule has 1 aromatic carbocycles. The van der Waals surface area contributed by atoms with Crippen LogP contribution in [0.4, 0.5) is 11.4 Å². The summed E-state index contributed by atoms with van der Waals surface area (Å²) in [5.41, 5.74) is 11.0. The first-order valence-corrected chi connectivity index (χ1v) is 6.77. The molecule has 0 saturated heterocycles. The highest BCUT2D eigenvalue weighted by Crippen LogP contribution is 2.23. The van der Waals surface area contributed by atoms with Gasteiger partial charge in [-0.25, -0.2) is 0 Å². The van der Waals surface area contributed by atoms with Gasteiger partial charge in [0.2, 0.25) is 0 Å². The predicted molar refractivity (Wildman–Crippen MR) is 82.0 cm³/mol. The summed E-state index contributed by atoms with van der Waals surface area (Å²) < 4.78 is 7.39. The maximum atomic E-state index is 5.89. The second-order valence-electron chi connectivity index (χ2n) is 4.85. The van der Waals surface area contributed by atoms with Crippen LogP contribution in [-0.2, 0) is 13.6 Å². The Morgan fingerprint density at radius 2 is 2.05 bits per heavy atom. The smallest absolute Gasteiger partial charge is 0.123 e. The van der Waals surface area contributed by atoms with E-state index in [1.807, 2.05) is 43.8 Å². The van der Waals surface area contributed by atoms with Crippen LogP contribution in [0.25, 0.3) is 0 Å². The van der Waals surface area contributed by atoms with Crippen molar-refractivity contribution in [1.29, 1.82) is 0 Å². The minimum absolute atomic E-state index is 0.629. The molecule has 0 aliphatic rings. The van der Waals surface area contributed by atoms with Gasteiger partial charge in [0.15, 0.2) is 0 Å². The molecule has 2 aromatic rings. The lowest BCUT2D eigenvalue weighted by molar-refractivity contribution is 0.340. The van der Waals surface area contributed by atoms with Crippen molar-refractivity contribution in [3.05, 3.63) is 35.2 Å². The molecule has 108 valence electrons. The first-order chi connectivity index (χ1) is 9.51. The van der Waals surface area contributed by atoms with Crippen LogP contribution in [0.2, 0.25) is 0 Å². The number of aryl methyl sites for hydroxylation is 2. The molecule has 0 spiro atoms. The molecule has 0 bridgehead atoms. The third-order valence-corrected chi connectivity index (χ3v) is 3.37. The summed E-state index contributed by atoms with van der Waals surface area (Å²) in [6, 6.07) is 5.69. The summed E-state index contributed by atoms with van der Waals surface area (Å²) in [6.07, 6.45) is 0. The van der Waals surface area contributed by atoms with Gasteiger partial charge in [-0.15, -0.1) is 0 Å². The van der Waals surface area contributed by atoms with E-state index in [1.54, 1.807) is 0 Å². The molecule has 0 unspecified atom stereocenters. The summed E-state index contributed by atoms with van der Waals surface area (Å²) in [4.78, 5) is 0. The summed E-state index contributed by atoms with van der Waals surface area (Å²) in [5.74, 6) is 0.787. The van der Waals surface area contributed by atoms with Gasteiger partial charge < -0.3 is 15.8 Å². The Kier molecular flexibility index (Phi) is 4.17. The lowest BCUT2D eigenvalue weighted by atomic mass is 10.2. The average molecular weight is 274 g/mol. The largest absolute Gasteiger partial charge is 0.494 e. The number of hydrogen-bond donors (Lipinski definition) is 2. The molecular weight excluding hydrogens is 252 g/mol. The Morgan fingerprint density at radius 3 is 2.65 bits per heavy atom. The highest BCUT2D eigenvalue weighted by atomic mass is 16.5. The van der Waals surface area contributed by atoms with Gasteiger partial charge in [-0.3, -0.25) is 4.68 Å². The second kappa shape index (κ2) is 5.86. The Hall–Kier alpha value is -2.17. The molecule has 1 heterocycles. The van der Waals surface area contributed by atoms with Crippen LogP contribution in [0.5, 0.6) is 5.75 Å². The number of hydrogen-bond acceptors (Lipinski definition) is 4. The molecular formula is C15H22N4O. The van der Waals surface area contributed by atoms with Crippen LogP contribution >= 0.6 is 0 Å². The zero-order valence-corrected chi connectivity index (χ0v) is 12.5. The van der Waals surface area contributed by atoms with Crippen molar-refractivity contribution in [2.75, 3.05) is 17.7 Å². The van der Waals surface area contributed by atoms with Crippen LogP contribution in [0.3, 0.4) is 0 Å². The fourth-order valence-corrected chi connectivity index (χ4v) is 2.24. The summed E-state index contributed by atoms with van der Waals surface area (Å²) in [5, 5.41) is 7.80. The number of nitrogens with one attached hydrogen (secondary N) is 1. The summed E-state index contributed by atoms with van der Waals surface area (Å²) >= 11 is 0. The molecule has 0 radical (unpaired) electrons. The standard InChI is InChI=1S/C15H22N4O/c1-5-20-14-7-12(16)6-13(8-14)17-9-15-10(2)18-19(4)11(15)3/h6-8,17H,5,9,16H2,1-4H3. The third kappa shape index (κ3) is 3.04. The van der Waals surface area contributed by atoms with Crippen molar-refractivity contribution in [2.24, 2.45) is 7.05 Å². The first-order valence-electron chi connectivity index (χ1n) is 6.77. The molecule has 5 heteroatoms. The molecule has 0 atom stereocenters. The highest BCUT2D eigenvalue weighted by Gasteiger charge is 2.09. The van der Waals surface area contributed by atoms with Crippen LogP contribution in [0.1, 0.15) is 23.9 Å². The van der Waals surface area contributed by atoms with E-state index in [1.165, 1.54) is 11.3 Å². The topological polar surface area (TPSA) is 65.1 Å². The van der Waals surface area contributed by atoms with Crippen LogP contribution in [0, 0.1) is 13.8 Å². The van der Waals surface area contributed by atoms with Gasteiger partial charge >= 0.3 is 0 Å². The molecule has 0 amide bonds. The fourth-order valence-electron chi connectivity index (χ4n) is 2.24. The van der Waals surface area contributed by atoms with Crippen molar-refractivity contribution in [3.8, 4) is 5.75 Å². The van der Waals surface area contributed by atoms with Gasteiger partial charge in [0.25, 0.3) is 0 Å². The summed E-state index contributed by atoms with van der Waals surface area (Å²) in [6.45, 7) is 7.40. The second-order valence-corrected chi connectivity index (χ2v) is 4.85. The number of aromatic nitrogens is 2. The molecule has 0 saturated carbocycles. The van der Waals surface area contributed by atoms with Gasteiger partial charge in [-0.1, -0.05) is 0 Å². The van der Waals surface area contributed by atoms with Crippen molar-refractivity contribution in [3.63, 3.8) is 0 Å². The van der Waals surface area contributed by atoms with Crippen molar-refractivity contribution >= 4 is 11.4 Å². The SMILES string of the molecule is CCOc1cc(N)cc(NCc2c(C)nn(C)c2C)c1. The minimum atomic E-state index is 0.629. The highest BCUT2D eigenvalue weighted by molar-refractivity contribution is 5.59. The third-order valence-electron chi connectivity index (χ3n) is 3.37. The molecule has 0 aliphatic carbocycles. The van der Waals surface area contributed by atoms with E-state index < -0.39 is 0 Å². The maximum absolute atomic E-state index is 5.89. The van der Waals surface area contributed by atoms with E-state index >= 15 is 0 Å². The first kappa shape index (κ1) is 14.2. The predicted octanol–water partition coefficient (Wildman–Crippen LogP) is 2.63. The molecule has 20 heavy (non-hydrogen) atoms. The Morgan fingerprint density at radius 1 is 1.30 bits per heavy atom. The minimum Gasteiger partial charge on any atom is -0.494 e. The van der Waals surface area contributed by atoms with Crippen molar-refractivity contribution in [1.82, 2.24) is 9.78 Å². The lowest BCUT2D eigenvalue weighted by Gasteiger charge is -2.11. The van der Waals surface area contributed by atoms with Crippen molar-refractivity contribution in [2.45, 2.75) is 27.3 Å². The van der Waals surface area contributed by atoms with E-state index in [4.69, 9.17) is 10.5 Å². The number of rotatable bonds is 5.